The maximum absolute atomic E-state index is 12.9. The first-order chi connectivity index (χ1) is 13.7. The number of nitrogens with one attached hydrogen (secondary N) is 1. The Bertz CT molecular complexity index is 1040. The molecule has 0 spiro atoms. The van der Waals surface area contributed by atoms with Crippen LogP contribution in [0.3, 0.4) is 0 Å². The van der Waals surface area contributed by atoms with Gasteiger partial charge in [0.05, 0.1) is 22.5 Å². The molecule has 0 radical (unpaired) electrons. The summed E-state index contributed by atoms with van der Waals surface area (Å²) < 4.78 is 66.6. The summed E-state index contributed by atoms with van der Waals surface area (Å²) in [5.74, 6) is 0. The minimum Gasteiger partial charge on any atom is -0.322 e. The van der Waals surface area contributed by atoms with Crippen LogP contribution in [-0.2, 0) is 16.2 Å². The molecule has 1 unspecified atom stereocenters. The second kappa shape index (κ2) is 8.36. The molecule has 4 nitrogen and oxygen atoms in total. The number of rotatable bonds is 6. The molecule has 152 valence electrons. The quantitative estimate of drug-likeness (QED) is 0.620. The standard InChI is InChI=1S/C21H19F3N2O2S/c22-21(23,24)17-11-13-18(14-12-17)29(27,28)26-20(16-9-5-2-6-10-16)19(25)15-7-3-1-4-8-15/h1-14,19-20,26H,25H2/t19-,20?/m1/s1. The van der Waals surface area contributed by atoms with Crippen molar-refractivity contribution < 1.29 is 21.6 Å². The van der Waals surface area contributed by atoms with Gasteiger partial charge >= 0.3 is 6.18 Å². The van der Waals surface area contributed by atoms with Crippen LogP contribution in [0.2, 0.25) is 0 Å². The van der Waals surface area contributed by atoms with Crippen LogP contribution in [0.25, 0.3) is 0 Å². The van der Waals surface area contributed by atoms with Gasteiger partial charge in [-0.2, -0.15) is 13.2 Å². The fraction of sp³-hybridized carbons (Fsp3) is 0.143. The molecule has 0 aliphatic rings. The SMILES string of the molecule is N[C@H](c1ccccc1)C(NS(=O)(=O)c1ccc(C(F)(F)F)cc1)c1ccccc1. The molecular formula is C21H19F3N2O2S. The summed E-state index contributed by atoms with van der Waals surface area (Å²) in [6.45, 7) is 0. The monoisotopic (exact) mass is 420 g/mol. The second-order valence-corrected chi connectivity index (χ2v) is 8.18. The Balaban J connectivity index is 1.95. The Kier molecular flexibility index (Phi) is 6.07. The maximum atomic E-state index is 12.9. The Morgan fingerprint density at radius 2 is 1.24 bits per heavy atom. The van der Waals surface area contributed by atoms with Crippen LogP contribution in [0.5, 0.6) is 0 Å². The molecule has 0 heterocycles. The maximum Gasteiger partial charge on any atom is 0.416 e. The van der Waals surface area contributed by atoms with Crippen molar-refractivity contribution >= 4 is 10.0 Å². The Hall–Kier alpha value is -2.68. The highest BCUT2D eigenvalue weighted by Crippen LogP contribution is 2.31. The smallest absolute Gasteiger partial charge is 0.322 e. The molecule has 3 aromatic rings. The lowest BCUT2D eigenvalue weighted by Crippen LogP contribution is -2.36. The third-order valence-electron chi connectivity index (χ3n) is 4.48. The van der Waals surface area contributed by atoms with Gasteiger partial charge in [0.25, 0.3) is 0 Å². The summed E-state index contributed by atoms with van der Waals surface area (Å²) >= 11 is 0. The van der Waals surface area contributed by atoms with Gasteiger partial charge in [-0.25, -0.2) is 13.1 Å². The fourth-order valence-corrected chi connectivity index (χ4v) is 4.18. The van der Waals surface area contributed by atoms with Crippen molar-refractivity contribution in [1.29, 1.82) is 0 Å². The average molecular weight is 420 g/mol. The highest BCUT2D eigenvalue weighted by atomic mass is 32.2. The van der Waals surface area contributed by atoms with E-state index < -0.39 is 33.8 Å². The van der Waals surface area contributed by atoms with Gasteiger partial charge in [-0.1, -0.05) is 60.7 Å². The Labute approximate surface area is 167 Å². The molecule has 0 aliphatic heterocycles. The van der Waals surface area contributed by atoms with Crippen LogP contribution >= 0.6 is 0 Å². The molecule has 8 heteroatoms. The third kappa shape index (κ3) is 5.03. The number of hydrogen-bond donors (Lipinski definition) is 2. The van der Waals surface area contributed by atoms with Gasteiger partial charge in [-0.15, -0.1) is 0 Å². The Morgan fingerprint density at radius 3 is 1.72 bits per heavy atom. The number of hydrogen-bond acceptors (Lipinski definition) is 3. The predicted octanol–water partition coefficient (Wildman–Crippen LogP) is 4.43. The first-order valence-electron chi connectivity index (χ1n) is 8.73. The van der Waals surface area contributed by atoms with E-state index in [1.807, 2.05) is 6.07 Å². The summed E-state index contributed by atoms with van der Waals surface area (Å²) in [6.07, 6.45) is -4.54. The van der Waals surface area contributed by atoms with Gasteiger partial charge in [-0.05, 0) is 35.4 Å². The van der Waals surface area contributed by atoms with Gasteiger partial charge in [0.2, 0.25) is 10.0 Å². The lowest BCUT2D eigenvalue weighted by molar-refractivity contribution is -0.137. The van der Waals surface area contributed by atoms with Gasteiger partial charge in [0.15, 0.2) is 0 Å². The summed E-state index contributed by atoms with van der Waals surface area (Å²) in [5, 5.41) is 0. The molecule has 2 atom stereocenters. The van der Waals surface area contributed by atoms with Crippen molar-refractivity contribution in [3.05, 3.63) is 102 Å². The van der Waals surface area contributed by atoms with E-state index in [0.717, 1.165) is 29.8 Å². The van der Waals surface area contributed by atoms with Crippen LogP contribution in [0, 0.1) is 0 Å². The summed E-state index contributed by atoms with van der Waals surface area (Å²) in [5.41, 5.74) is 6.80. The number of benzene rings is 3. The molecule has 3 aromatic carbocycles. The highest BCUT2D eigenvalue weighted by molar-refractivity contribution is 7.89. The van der Waals surface area contributed by atoms with Crippen molar-refractivity contribution in [1.82, 2.24) is 4.72 Å². The van der Waals surface area contributed by atoms with E-state index in [4.69, 9.17) is 5.73 Å². The van der Waals surface area contributed by atoms with Crippen molar-refractivity contribution in [2.24, 2.45) is 5.73 Å². The van der Waals surface area contributed by atoms with Gasteiger partial charge < -0.3 is 5.73 Å². The van der Waals surface area contributed by atoms with E-state index in [0.29, 0.717) is 5.56 Å². The minimum atomic E-state index is -4.54. The van der Waals surface area contributed by atoms with E-state index in [9.17, 15) is 21.6 Å². The number of halogens is 3. The molecule has 3 rings (SSSR count). The minimum absolute atomic E-state index is 0.272. The topological polar surface area (TPSA) is 72.2 Å². The van der Waals surface area contributed by atoms with Crippen LogP contribution in [0.4, 0.5) is 13.2 Å². The molecule has 0 saturated carbocycles. The largest absolute Gasteiger partial charge is 0.416 e. The fourth-order valence-electron chi connectivity index (χ4n) is 2.94. The van der Waals surface area contributed by atoms with Crippen molar-refractivity contribution in [3.63, 3.8) is 0 Å². The number of nitrogens with two attached hydrogens (primary N) is 1. The average Bonchev–Trinajstić information content (AvgIpc) is 2.72. The summed E-state index contributed by atoms with van der Waals surface area (Å²) in [7, 11) is -4.12. The van der Waals surface area contributed by atoms with Crippen molar-refractivity contribution in [3.8, 4) is 0 Å². The third-order valence-corrected chi connectivity index (χ3v) is 5.93. The van der Waals surface area contributed by atoms with E-state index in [2.05, 4.69) is 4.72 Å². The molecule has 0 aliphatic carbocycles. The van der Waals surface area contributed by atoms with Gasteiger partial charge in [-0.3, -0.25) is 0 Å². The number of alkyl halides is 3. The summed E-state index contributed by atoms with van der Waals surface area (Å²) in [6, 6.07) is 19.6. The molecule has 0 saturated heterocycles. The van der Waals surface area contributed by atoms with E-state index in [1.54, 1.807) is 54.6 Å². The molecule has 3 N–H and O–H groups in total. The second-order valence-electron chi connectivity index (χ2n) is 6.47. The normalized spacial score (nSPS) is 14.3. The van der Waals surface area contributed by atoms with Crippen LogP contribution in [0.15, 0.2) is 89.8 Å². The molecule has 0 aromatic heterocycles. The Morgan fingerprint density at radius 1 is 0.759 bits per heavy atom. The highest BCUT2D eigenvalue weighted by Gasteiger charge is 2.31. The van der Waals surface area contributed by atoms with Crippen LogP contribution in [-0.4, -0.2) is 8.42 Å². The first-order valence-corrected chi connectivity index (χ1v) is 10.2. The lowest BCUT2D eigenvalue weighted by Gasteiger charge is -2.26. The lowest BCUT2D eigenvalue weighted by atomic mass is 9.95. The molecule has 0 bridgehead atoms. The molecule has 29 heavy (non-hydrogen) atoms. The van der Waals surface area contributed by atoms with E-state index in [1.165, 1.54) is 0 Å². The zero-order valence-electron chi connectivity index (χ0n) is 15.2. The first kappa shape index (κ1) is 21.0. The van der Waals surface area contributed by atoms with Crippen molar-refractivity contribution in [2.75, 3.05) is 0 Å². The predicted molar refractivity (Wildman–Crippen MR) is 104 cm³/mol. The number of sulfonamides is 1. The van der Waals surface area contributed by atoms with E-state index in [-0.39, 0.29) is 4.90 Å². The molecular weight excluding hydrogens is 401 g/mol. The molecule has 0 fully saturated rings. The van der Waals surface area contributed by atoms with E-state index >= 15 is 0 Å². The zero-order valence-corrected chi connectivity index (χ0v) is 16.0. The van der Waals surface area contributed by atoms with Crippen LogP contribution < -0.4 is 10.5 Å². The zero-order chi connectivity index (χ0) is 21.1. The summed E-state index contributed by atoms with van der Waals surface area (Å²) in [4.78, 5) is -0.272. The molecule has 0 amide bonds. The van der Waals surface area contributed by atoms with Crippen LogP contribution in [0.1, 0.15) is 28.8 Å². The van der Waals surface area contributed by atoms with Gasteiger partial charge in [0.1, 0.15) is 0 Å². The van der Waals surface area contributed by atoms with Gasteiger partial charge in [0, 0.05) is 0 Å². The van der Waals surface area contributed by atoms with Crippen molar-refractivity contribution in [2.45, 2.75) is 23.2 Å².